The molecule has 0 saturated carbocycles. The molecule has 1 aromatic rings. The highest BCUT2D eigenvalue weighted by Crippen LogP contribution is 2.20. The Labute approximate surface area is 98.9 Å². The van der Waals surface area contributed by atoms with Crippen LogP contribution in [-0.2, 0) is 9.53 Å². The van der Waals surface area contributed by atoms with E-state index in [4.69, 9.17) is 4.74 Å². The lowest BCUT2D eigenvalue weighted by Gasteiger charge is -2.33. The van der Waals surface area contributed by atoms with Crippen molar-refractivity contribution in [3.8, 4) is 0 Å². The number of carbonyl (C=O) groups is 2. The topological polar surface area (TPSA) is 75.3 Å². The highest BCUT2D eigenvalue weighted by atomic mass is 16.5. The average molecular weight is 237 g/mol. The summed E-state index contributed by atoms with van der Waals surface area (Å²) in [4.78, 5) is 25.3. The second-order valence-corrected chi connectivity index (χ2v) is 4.02. The third-order valence-electron chi connectivity index (χ3n) is 2.98. The maximum absolute atomic E-state index is 12.1. The molecule has 1 amide bonds. The van der Waals surface area contributed by atoms with Gasteiger partial charge in [0.2, 0.25) is 0 Å². The van der Waals surface area contributed by atoms with Gasteiger partial charge in [-0.2, -0.15) is 5.10 Å². The molecule has 2 heterocycles. The van der Waals surface area contributed by atoms with Gasteiger partial charge >= 0.3 is 5.97 Å². The van der Waals surface area contributed by atoms with E-state index in [1.54, 1.807) is 4.90 Å². The maximum atomic E-state index is 12.1. The number of aromatic amines is 1. The second-order valence-electron chi connectivity index (χ2n) is 4.02. The van der Waals surface area contributed by atoms with Crippen molar-refractivity contribution in [2.75, 3.05) is 13.7 Å². The summed E-state index contributed by atoms with van der Waals surface area (Å²) in [6.07, 6.45) is 5.51. The van der Waals surface area contributed by atoms with Crippen molar-refractivity contribution in [1.82, 2.24) is 15.1 Å². The first-order chi connectivity index (χ1) is 8.24. The highest BCUT2D eigenvalue weighted by Gasteiger charge is 2.33. The van der Waals surface area contributed by atoms with Gasteiger partial charge in [0.1, 0.15) is 6.04 Å². The second kappa shape index (κ2) is 4.99. The summed E-state index contributed by atoms with van der Waals surface area (Å²) in [6, 6.07) is -0.462. The van der Waals surface area contributed by atoms with Crippen LogP contribution in [-0.4, -0.2) is 46.7 Å². The molecule has 1 aromatic heterocycles. The number of nitrogens with one attached hydrogen (secondary N) is 1. The quantitative estimate of drug-likeness (QED) is 0.763. The predicted octanol–water partition coefficient (Wildman–Crippen LogP) is 0.577. The normalized spacial score (nSPS) is 20.1. The third kappa shape index (κ3) is 2.30. The van der Waals surface area contributed by atoms with Crippen LogP contribution in [0.5, 0.6) is 0 Å². The summed E-state index contributed by atoms with van der Waals surface area (Å²) in [5.74, 6) is -0.518. The molecule has 0 aliphatic carbocycles. The third-order valence-corrected chi connectivity index (χ3v) is 2.98. The van der Waals surface area contributed by atoms with E-state index < -0.39 is 6.04 Å². The molecule has 0 aromatic carbocycles. The van der Waals surface area contributed by atoms with Crippen LogP contribution < -0.4 is 0 Å². The Bertz CT molecular complexity index is 402. The Kier molecular flexibility index (Phi) is 3.41. The van der Waals surface area contributed by atoms with Crippen LogP contribution in [0.2, 0.25) is 0 Å². The number of rotatable bonds is 2. The number of hydrogen-bond acceptors (Lipinski definition) is 4. The molecule has 1 atom stereocenters. The number of hydrogen-bond donors (Lipinski definition) is 1. The van der Waals surface area contributed by atoms with Crippen molar-refractivity contribution < 1.29 is 14.3 Å². The first-order valence-electron chi connectivity index (χ1n) is 5.61. The first-order valence-corrected chi connectivity index (χ1v) is 5.61. The lowest BCUT2D eigenvalue weighted by atomic mass is 10.0. The molecule has 17 heavy (non-hydrogen) atoms. The van der Waals surface area contributed by atoms with Gasteiger partial charge in [0.05, 0.1) is 18.9 Å². The van der Waals surface area contributed by atoms with Gasteiger partial charge in [-0.25, -0.2) is 4.79 Å². The van der Waals surface area contributed by atoms with E-state index in [-0.39, 0.29) is 11.9 Å². The molecule has 0 spiro atoms. The van der Waals surface area contributed by atoms with Gasteiger partial charge in [-0.05, 0) is 19.3 Å². The Morgan fingerprint density at radius 2 is 2.35 bits per heavy atom. The van der Waals surface area contributed by atoms with E-state index in [1.165, 1.54) is 19.5 Å². The molecule has 2 rings (SSSR count). The summed E-state index contributed by atoms with van der Waals surface area (Å²) in [5, 5.41) is 6.33. The van der Waals surface area contributed by atoms with Crippen molar-refractivity contribution in [1.29, 1.82) is 0 Å². The zero-order valence-electron chi connectivity index (χ0n) is 9.68. The summed E-state index contributed by atoms with van der Waals surface area (Å²) >= 11 is 0. The summed E-state index contributed by atoms with van der Waals surface area (Å²) in [7, 11) is 1.34. The molecule has 0 bridgehead atoms. The molecule has 6 heteroatoms. The largest absolute Gasteiger partial charge is 0.467 e. The highest BCUT2D eigenvalue weighted by molar-refractivity contribution is 5.96. The first kappa shape index (κ1) is 11.6. The Morgan fingerprint density at radius 1 is 1.53 bits per heavy atom. The summed E-state index contributed by atoms with van der Waals surface area (Å²) in [5.41, 5.74) is 0.473. The molecule has 92 valence electrons. The molecule has 1 fully saturated rings. The van der Waals surface area contributed by atoms with Crippen molar-refractivity contribution in [3.05, 3.63) is 18.0 Å². The van der Waals surface area contributed by atoms with Crippen molar-refractivity contribution in [3.63, 3.8) is 0 Å². The fourth-order valence-electron chi connectivity index (χ4n) is 2.09. The minimum absolute atomic E-state index is 0.172. The summed E-state index contributed by atoms with van der Waals surface area (Å²) < 4.78 is 4.73. The Hall–Kier alpha value is -1.85. The fraction of sp³-hybridized carbons (Fsp3) is 0.545. The Morgan fingerprint density at radius 3 is 3.00 bits per heavy atom. The number of ether oxygens (including phenoxy) is 1. The summed E-state index contributed by atoms with van der Waals surface area (Å²) in [6.45, 7) is 0.587. The van der Waals surface area contributed by atoms with E-state index >= 15 is 0 Å². The zero-order valence-corrected chi connectivity index (χ0v) is 9.68. The lowest BCUT2D eigenvalue weighted by molar-refractivity contribution is -0.147. The molecular weight excluding hydrogens is 222 g/mol. The molecule has 1 saturated heterocycles. The van der Waals surface area contributed by atoms with Gasteiger partial charge in [0.15, 0.2) is 0 Å². The maximum Gasteiger partial charge on any atom is 0.328 e. The van der Waals surface area contributed by atoms with Gasteiger partial charge < -0.3 is 9.64 Å². The lowest BCUT2D eigenvalue weighted by Crippen LogP contribution is -2.48. The number of nitrogens with zero attached hydrogens (tertiary/aromatic N) is 2. The zero-order chi connectivity index (χ0) is 12.3. The van der Waals surface area contributed by atoms with Crippen LogP contribution in [0.25, 0.3) is 0 Å². The molecule has 1 aliphatic rings. The number of amides is 1. The van der Waals surface area contributed by atoms with Gasteiger partial charge in [0, 0.05) is 12.7 Å². The molecular formula is C11H15N3O3. The number of aromatic nitrogens is 2. The monoisotopic (exact) mass is 237 g/mol. The average Bonchev–Trinajstić information content (AvgIpc) is 2.91. The standard InChI is InChI=1S/C11H15N3O3/c1-17-11(16)9-4-2-3-5-14(9)10(15)8-6-12-13-7-8/h6-7,9H,2-5H2,1H3,(H,12,13)/t9-/m1/s1. The van der Waals surface area contributed by atoms with Crippen molar-refractivity contribution >= 4 is 11.9 Å². The van der Waals surface area contributed by atoms with E-state index in [0.29, 0.717) is 18.5 Å². The number of H-pyrrole nitrogens is 1. The van der Waals surface area contributed by atoms with Crippen molar-refractivity contribution in [2.24, 2.45) is 0 Å². The van der Waals surface area contributed by atoms with E-state index in [1.807, 2.05) is 0 Å². The smallest absolute Gasteiger partial charge is 0.328 e. The molecule has 6 nitrogen and oxygen atoms in total. The van der Waals surface area contributed by atoms with Gasteiger partial charge in [-0.1, -0.05) is 0 Å². The van der Waals surface area contributed by atoms with Crippen LogP contribution in [0.3, 0.4) is 0 Å². The molecule has 1 aliphatic heterocycles. The van der Waals surface area contributed by atoms with Crippen LogP contribution in [0, 0.1) is 0 Å². The van der Waals surface area contributed by atoms with Crippen LogP contribution in [0.1, 0.15) is 29.6 Å². The number of likely N-dealkylation sites (tertiary alicyclic amines) is 1. The van der Waals surface area contributed by atoms with Crippen molar-refractivity contribution in [2.45, 2.75) is 25.3 Å². The van der Waals surface area contributed by atoms with Gasteiger partial charge in [-0.15, -0.1) is 0 Å². The molecule has 0 radical (unpaired) electrons. The predicted molar refractivity (Wildman–Crippen MR) is 59.3 cm³/mol. The number of methoxy groups -OCH3 is 1. The van der Waals surface area contributed by atoms with E-state index in [0.717, 1.165) is 12.8 Å². The fourth-order valence-corrected chi connectivity index (χ4v) is 2.09. The number of carbonyl (C=O) groups excluding carboxylic acids is 2. The van der Waals surface area contributed by atoms with Crippen LogP contribution in [0.15, 0.2) is 12.4 Å². The Balaban J connectivity index is 2.16. The molecule has 0 unspecified atom stereocenters. The van der Waals surface area contributed by atoms with E-state index in [2.05, 4.69) is 10.2 Å². The number of piperidine rings is 1. The number of esters is 1. The van der Waals surface area contributed by atoms with E-state index in [9.17, 15) is 9.59 Å². The molecule has 1 N–H and O–H groups in total. The van der Waals surface area contributed by atoms with Crippen LogP contribution in [0.4, 0.5) is 0 Å². The minimum Gasteiger partial charge on any atom is -0.467 e. The van der Waals surface area contributed by atoms with Gasteiger partial charge in [-0.3, -0.25) is 9.89 Å². The minimum atomic E-state index is -0.462. The van der Waals surface area contributed by atoms with Crippen LogP contribution >= 0.6 is 0 Å². The SMILES string of the molecule is COC(=O)[C@H]1CCCCN1C(=O)c1cn[nH]c1. The van der Waals surface area contributed by atoms with Gasteiger partial charge in [0.25, 0.3) is 5.91 Å².